The van der Waals surface area contributed by atoms with Gasteiger partial charge in [0.25, 0.3) is 5.91 Å². The van der Waals surface area contributed by atoms with E-state index in [1.54, 1.807) is 36.4 Å². The number of para-hydroxylation sites is 2. The predicted molar refractivity (Wildman–Crippen MR) is 135 cm³/mol. The lowest BCUT2D eigenvalue weighted by Crippen LogP contribution is -2.22. The number of rotatable bonds is 11. The quantitative estimate of drug-likeness (QED) is 0.250. The second kappa shape index (κ2) is 12.0. The minimum atomic E-state index is -1.17. The van der Waals surface area contributed by atoms with Crippen molar-refractivity contribution in [1.82, 2.24) is 5.01 Å². The number of methoxy groups -OCH3 is 2. The fraction of sp³-hybridized carbons (Fsp3) is 0.174. The number of carbonyl (C=O) groups is 3. The number of thiocarbonyl (C=S) groups is 1. The summed E-state index contributed by atoms with van der Waals surface area (Å²) in [5.41, 5.74) is 0.781. The summed E-state index contributed by atoms with van der Waals surface area (Å²) in [6, 6.07) is 9.76. The highest BCUT2D eigenvalue weighted by atomic mass is 32.2. The van der Waals surface area contributed by atoms with E-state index in [-0.39, 0.29) is 26.5 Å². The first kappa shape index (κ1) is 26.5. The number of hydrogen-bond donors (Lipinski definition) is 2. The lowest BCUT2D eigenvalue weighted by atomic mass is 10.1. The second-order valence-electron chi connectivity index (χ2n) is 6.86. The van der Waals surface area contributed by atoms with Crippen LogP contribution in [0.15, 0.2) is 46.4 Å². The predicted octanol–water partition coefficient (Wildman–Crippen LogP) is 2.87. The van der Waals surface area contributed by atoms with Crippen LogP contribution in [-0.2, 0) is 14.4 Å². The van der Waals surface area contributed by atoms with Crippen molar-refractivity contribution < 1.29 is 43.5 Å². The van der Waals surface area contributed by atoms with Crippen LogP contribution >= 0.6 is 24.0 Å². The highest BCUT2D eigenvalue weighted by molar-refractivity contribution is 8.26. The van der Waals surface area contributed by atoms with Gasteiger partial charge in [-0.2, -0.15) is 10.1 Å². The molecule has 1 saturated heterocycles. The number of benzene rings is 2. The first-order chi connectivity index (χ1) is 17.2. The number of thioether (sulfide) groups is 1. The molecular formula is C23H20N2O9S2. The fourth-order valence-corrected chi connectivity index (χ4v) is 4.16. The van der Waals surface area contributed by atoms with Gasteiger partial charge < -0.3 is 29.2 Å². The molecule has 1 aliphatic rings. The number of hydrogen-bond acceptors (Lipinski definition) is 10. The molecule has 0 atom stereocenters. The molecule has 1 aliphatic heterocycles. The van der Waals surface area contributed by atoms with Gasteiger partial charge in [-0.1, -0.05) is 30.0 Å². The van der Waals surface area contributed by atoms with Crippen molar-refractivity contribution in [2.24, 2.45) is 5.10 Å². The van der Waals surface area contributed by atoms with Crippen LogP contribution in [-0.4, -0.2) is 71.0 Å². The molecule has 0 aliphatic carbocycles. The summed E-state index contributed by atoms with van der Waals surface area (Å²) in [5.74, 6) is -1.98. The number of hydrazone groups is 1. The molecule has 11 nitrogen and oxygen atoms in total. The van der Waals surface area contributed by atoms with Crippen molar-refractivity contribution in [3.63, 3.8) is 0 Å². The van der Waals surface area contributed by atoms with Gasteiger partial charge >= 0.3 is 11.9 Å². The number of carbonyl (C=O) groups excluding carboxylic acids is 1. The maximum atomic E-state index is 13.0. The minimum Gasteiger partial charge on any atom is -0.493 e. The van der Waals surface area contributed by atoms with Gasteiger partial charge in [0.15, 0.2) is 40.5 Å². The lowest BCUT2D eigenvalue weighted by Gasteiger charge is -2.12. The van der Waals surface area contributed by atoms with Crippen LogP contribution in [0.25, 0.3) is 6.08 Å². The number of carboxylic acids is 2. The van der Waals surface area contributed by atoms with Crippen LogP contribution in [0.4, 0.5) is 0 Å². The van der Waals surface area contributed by atoms with Crippen LogP contribution in [0.2, 0.25) is 0 Å². The van der Waals surface area contributed by atoms with Crippen molar-refractivity contribution in [2.45, 2.75) is 0 Å². The van der Waals surface area contributed by atoms with E-state index in [0.717, 1.165) is 16.8 Å². The van der Waals surface area contributed by atoms with E-state index >= 15 is 0 Å². The Kier molecular flexibility index (Phi) is 8.86. The molecule has 36 heavy (non-hydrogen) atoms. The molecule has 2 aromatic rings. The summed E-state index contributed by atoms with van der Waals surface area (Å²) >= 11 is 6.30. The molecule has 0 spiro atoms. The molecule has 188 valence electrons. The highest BCUT2D eigenvalue weighted by Gasteiger charge is 2.32. The molecule has 2 aromatic carbocycles. The lowest BCUT2D eigenvalue weighted by molar-refractivity contribution is -0.140. The van der Waals surface area contributed by atoms with Crippen molar-refractivity contribution in [3.8, 4) is 23.0 Å². The van der Waals surface area contributed by atoms with Gasteiger partial charge in [0.1, 0.15) is 0 Å². The zero-order valence-corrected chi connectivity index (χ0v) is 20.6. The van der Waals surface area contributed by atoms with Crippen molar-refractivity contribution >= 4 is 58.4 Å². The molecule has 0 bridgehead atoms. The molecule has 0 saturated carbocycles. The summed E-state index contributed by atoms with van der Waals surface area (Å²) in [4.78, 5) is 35.2. The van der Waals surface area contributed by atoms with E-state index in [4.69, 9.17) is 41.4 Å². The SMILES string of the molecule is COc1cccc(/C=C2\SC(=S)N(/N=C/c3cccc(OC)c3OCC(=O)O)C2=O)c1OCC(=O)O. The van der Waals surface area contributed by atoms with Gasteiger partial charge in [-0.05, 0) is 36.5 Å². The molecule has 1 amide bonds. The molecule has 0 radical (unpaired) electrons. The average Bonchev–Trinajstić information content (AvgIpc) is 3.11. The monoisotopic (exact) mass is 532 g/mol. The summed E-state index contributed by atoms with van der Waals surface area (Å²) in [6.07, 6.45) is 2.81. The number of carboxylic acid groups (broad SMARTS) is 2. The number of amides is 1. The number of nitrogens with zero attached hydrogens (tertiary/aromatic N) is 2. The molecule has 0 unspecified atom stereocenters. The largest absolute Gasteiger partial charge is 0.493 e. The van der Waals surface area contributed by atoms with Gasteiger partial charge in [-0.25, -0.2) is 9.59 Å². The van der Waals surface area contributed by atoms with E-state index in [9.17, 15) is 14.4 Å². The molecular weight excluding hydrogens is 512 g/mol. The maximum absolute atomic E-state index is 13.0. The molecule has 1 fully saturated rings. The first-order valence-corrected chi connectivity index (χ1v) is 11.3. The van der Waals surface area contributed by atoms with Crippen LogP contribution in [0, 0.1) is 0 Å². The Morgan fingerprint density at radius 2 is 1.50 bits per heavy atom. The Hall–Kier alpha value is -4.10. The van der Waals surface area contributed by atoms with Gasteiger partial charge in [-0.3, -0.25) is 4.79 Å². The third-order valence-corrected chi connectivity index (χ3v) is 5.79. The highest BCUT2D eigenvalue weighted by Crippen LogP contribution is 2.38. The molecule has 3 rings (SSSR count). The topological polar surface area (TPSA) is 144 Å². The third kappa shape index (κ3) is 6.31. The Balaban J connectivity index is 1.89. The van der Waals surface area contributed by atoms with E-state index in [0.29, 0.717) is 16.9 Å². The van der Waals surface area contributed by atoms with Crippen molar-refractivity contribution in [3.05, 3.63) is 52.4 Å². The van der Waals surface area contributed by atoms with E-state index in [1.807, 2.05) is 0 Å². The van der Waals surface area contributed by atoms with E-state index < -0.39 is 31.1 Å². The average molecular weight is 533 g/mol. The van der Waals surface area contributed by atoms with Gasteiger partial charge in [0.05, 0.1) is 25.3 Å². The second-order valence-corrected chi connectivity index (χ2v) is 8.54. The Morgan fingerprint density at radius 3 is 2.03 bits per heavy atom. The van der Waals surface area contributed by atoms with Crippen LogP contribution in [0.3, 0.4) is 0 Å². The summed E-state index contributed by atoms with van der Waals surface area (Å²) < 4.78 is 21.3. The van der Waals surface area contributed by atoms with E-state index in [2.05, 4.69) is 5.10 Å². The zero-order valence-electron chi connectivity index (χ0n) is 19.0. The van der Waals surface area contributed by atoms with Crippen LogP contribution in [0.1, 0.15) is 11.1 Å². The molecule has 0 aromatic heterocycles. The normalized spacial score (nSPS) is 14.4. The van der Waals surface area contributed by atoms with Crippen LogP contribution in [0.5, 0.6) is 23.0 Å². The standard InChI is InChI=1S/C23H20N2O9S2/c1-31-15-7-3-5-13(20(15)33-11-18(26)27)9-17-22(30)25(23(35)36-17)24-10-14-6-4-8-16(32-2)21(14)34-12-19(28)29/h3-10H,11-12H2,1-2H3,(H,26,27)(H,28,29)/b17-9-,24-10+. The smallest absolute Gasteiger partial charge is 0.341 e. The maximum Gasteiger partial charge on any atom is 0.341 e. The van der Waals surface area contributed by atoms with Crippen molar-refractivity contribution in [1.29, 1.82) is 0 Å². The zero-order chi connectivity index (χ0) is 26.2. The first-order valence-electron chi connectivity index (χ1n) is 10.1. The number of aliphatic carboxylic acids is 2. The summed E-state index contributed by atoms with van der Waals surface area (Å²) in [5, 5.41) is 23.1. The number of ether oxygens (including phenoxy) is 4. The van der Waals surface area contributed by atoms with Gasteiger partial charge in [0, 0.05) is 11.1 Å². The van der Waals surface area contributed by atoms with E-state index in [1.165, 1.54) is 26.5 Å². The van der Waals surface area contributed by atoms with Crippen LogP contribution < -0.4 is 18.9 Å². The Bertz CT molecular complexity index is 1260. The minimum absolute atomic E-state index is 0.142. The fourth-order valence-electron chi connectivity index (χ4n) is 3.00. The summed E-state index contributed by atoms with van der Waals surface area (Å²) in [7, 11) is 2.82. The molecule has 13 heteroatoms. The molecule has 2 N–H and O–H groups in total. The third-order valence-electron chi connectivity index (χ3n) is 4.51. The van der Waals surface area contributed by atoms with Crippen molar-refractivity contribution in [2.75, 3.05) is 27.4 Å². The Morgan fingerprint density at radius 1 is 0.972 bits per heavy atom. The van der Waals surface area contributed by atoms with Gasteiger partial charge in [-0.15, -0.1) is 0 Å². The summed E-state index contributed by atoms with van der Waals surface area (Å²) in [6.45, 7) is -1.20. The Labute approximate surface area is 214 Å². The molecule has 1 heterocycles. The van der Waals surface area contributed by atoms with Gasteiger partial charge in [0.2, 0.25) is 0 Å².